The average Bonchev–Trinajstić information content (AvgIpc) is 3.13. The van der Waals surface area contributed by atoms with Crippen LogP contribution in [0.1, 0.15) is 25.0 Å². The first-order valence-electron chi connectivity index (χ1n) is 15.3. The highest BCUT2D eigenvalue weighted by Crippen LogP contribution is 2.34. The zero-order valence-corrected chi connectivity index (χ0v) is 25.4. The summed E-state index contributed by atoms with van der Waals surface area (Å²) in [5, 5.41) is 0. The molecule has 0 unspecified atom stereocenters. The van der Waals surface area contributed by atoms with Gasteiger partial charge in [-0.3, -0.25) is 0 Å². The maximum Gasteiger partial charge on any atom is 0.160 e. The van der Waals surface area contributed by atoms with Crippen molar-refractivity contribution in [1.82, 2.24) is 9.97 Å². The molecule has 0 spiro atoms. The molecule has 0 fully saturated rings. The first kappa shape index (κ1) is 28.0. The second-order valence-electron chi connectivity index (χ2n) is 11.8. The molecular weight excluding hydrogens is 544 g/mol. The lowest BCUT2D eigenvalue weighted by Crippen LogP contribution is -2.18. The summed E-state index contributed by atoms with van der Waals surface area (Å²) in [6.07, 6.45) is 0. The monoisotopic (exact) mass is 576 g/mol. The van der Waals surface area contributed by atoms with Crippen molar-refractivity contribution in [2.45, 2.75) is 19.3 Å². The Labute approximate surface area is 265 Å². The Morgan fingerprint density at radius 2 is 0.956 bits per heavy atom. The third-order valence-corrected chi connectivity index (χ3v) is 8.44. The third kappa shape index (κ3) is 5.90. The second kappa shape index (κ2) is 12.1. The molecule has 0 amide bonds. The summed E-state index contributed by atoms with van der Waals surface area (Å²) in [5.74, 6) is 0.694. The summed E-state index contributed by atoms with van der Waals surface area (Å²) in [4.78, 5) is 9.86. The lowest BCUT2D eigenvalue weighted by atomic mass is 9.78. The fourth-order valence-electron chi connectivity index (χ4n) is 5.70. The molecule has 0 saturated heterocycles. The molecule has 0 N–H and O–H groups in total. The molecule has 0 aliphatic carbocycles. The van der Waals surface area contributed by atoms with Crippen LogP contribution < -0.4 is 0 Å². The highest BCUT2D eigenvalue weighted by molar-refractivity contribution is 5.74. The van der Waals surface area contributed by atoms with E-state index in [1.54, 1.807) is 0 Å². The summed E-state index contributed by atoms with van der Waals surface area (Å²) >= 11 is 0. The molecule has 6 aromatic carbocycles. The van der Waals surface area contributed by atoms with Crippen LogP contribution in [0.25, 0.3) is 56.2 Å². The number of rotatable bonds is 7. The largest absolute Gasteiger partial charge is 0.228 e. The molecule has 0 atom stereocenters. The zero-order valence-electron chi connectivity index (χ0n) is 25.4. The smallest absolute Gasteiger partial charge is 0.160 e. The van der Waals surface area contributed by atoms with Crippen LogP contribution >= 0.6 is 0 Å². The number of nitrogens with zero attached hydrogens (tertiary/aromatic N) is 2. The maximum atomic E-state index is 4.95. The fourth-order valence-corrected chi connectivity index (χ4v) is 5.70. The minimum absolute atomic E-state index is 0.254. The van der Waals surface area contributed by atoms with Gasteiger partial charge < -0.3 is 0 Å². The Hall–Kier alpha value is -5.78. The normalized spacial score (nSPS) is 11.2. The van der Waals surface area contributed by atoms with Gasteiger partial charge in [-0.2, -0.15) is 0 Å². The van der Waals surface area contributed by atoms with E-state index in [9.17, 15) is 0 Å². The Morgan fingerprint density at radius 3 is 1.56 bits per heavy atom. The third-order valence-electron chi connectivity index (χ3n) is 8.44. The Morgan fingerprint density at radius 1 is 0.422 bits per heavy atom. The van der Waals surface area contributed by atoms with E-state index in [4.69, 9.17) is 9.97 Å². The van der Waals surface area contributed by atoms with E-state index in [1.807, 2.05) is 54.6 Å². The standard InChI is InChI=1S/C43H32N2/c1-43(2,38-25-21-32(22-26-38)37-20-12-19-36(29-37)31-13-6-3-7-14-31)39-27-23-34(24-28-39)41-30-40(33-15-8-4-9-16-33)44-42(45-41)35-17-10-5-11-18-35/h3-23,25-27,29-30H,1-2H3. The molecule has 214 valence electrons. The zero-order chi connectivity index (χ0) is 30.6. The van der Waals surface area contributed by atoms with Gasteiger partial charge in [0.25, 0.3) is 0 Å². The molecule has 0 bridgehead atoms. The highest BCUT2D eigenvalue weighted by atomic mass is 14.9. The van der Waals surface area contributed by atoms with E-state index in [2.05, 4.69) is 129 Å². The number of aromatic nitrogens is 2. The van der Waals surface area contributed by atoms with Crippen LogP contribution in [0.5, 0.6) is 0 Å². The molecule has 0 aliphatic heterocycles. The molecule has 0 aliphatic rings. The lowest BCUT2D eigenvalue weighted by Gasteiger charge is -2.25. The topological polar surface area (TPSA) is 25.8 Å². The van der Waals surface area contributed by atoms with Crippen LogP contribution in [-0.2, 0) is 5.41 Å². The first-order chi connectivity index (χ1) is 22.0. The summed E-state index contributed by atoms with van der Waals surface area (Å²) in [6, 6.07) is 61.7. The van der Waals surface area contributed by atoms with Crippen LogP contribution in [0.3, 0.4) is 0 Å². The fraction of sp³-hybridized carbons (Fsp3) is 0.0698. The van der Waals surface area contributed by atoms with Crippen molar-refractivity contribution in [1.29, 1.82) is 0 Å². The van der Waals surface area contributed by atoms with Crippen molar-refractivity contribution in [2.75, 3.05) is 0 Å². The van der Waals surface area contributed by atoms with Crippen molar-refractivity contribution in [3.8, 4) is 56.2 Å². The van der Waals surface area contributed by atoms with E-state index in [-0.39, 0.29) is 5.41 Å². The van der Waals surface area contributed by atoms with E-state index in [1.165, 1.54) is 27.8 Å². The number of hydrogen-bond acceptors (Lipinski definition) is 2. The van der Waals surface area contributed by atoms with Gasteiger partial charge in [0.1, 0.15) is 0 Å². The SMILES string of the molecule is CC(C)(c1c#cc(-c2cc(-c3ccccc3)nc(-c3ccccc3)n2)cc1)c1ccc(-c2cccc(-c3ccccc3)c2)cc1. The lowest BCUT2D eigenvalue weighted by molar-refractivity contribution is 0.641. The highest BCUT2D eigenvalue weighted by Gasteiger charge is 2.24. The molecule has 0 saturated carbocycles. The molecule has 0 radical (unpaired) electrons. The maximum absolute atomic E-state index is 4.95. The summed E-state index contributed by atoms with van der Waals surface area (Å²) in [6.45, 7) is 4.48. The van der Waals surface area contributed by atoms with Gasteiger partial charge in [0.2, 0.25) is 0 Å². The summed E-state index contributed by atoms with van der Waals surface area (Å²) in [7, 11) is 0. The molecule has 2 heteroatoms. The molecule has 2 nitrogen and oxygen atoms in total. The van der Waals surface area contributed by atoms with Crippen molar-refractivity contribution >= 4 is 0 Å². The van der Waals surface area contributed by atoms with Gasteiger partial charge in [0, 0.05) is 22.1 Å². The average molecular weight is 577 g/mol. The van der Waals surface area contributed by atoms with E-state index < -0.39 is 0 Å². The van der Waals surface area contributed by atoms with Crippen LogP contribution in [0, 0.1) is 12.1 Å². The molecular formula is C43H32N2. The van der Waals surface area contributed by atoms with Gasteiger partial charge in [-0.1, -0.05) is 159 Å². The van der Waals surface area contributed by atoms with Gasteiger partial charge in [0.05, 0.1) is 17.0 Å². The molecule has 7 aromatic rings. The van der Waals surface area contributed by atoms with E-state index in [0.717, 1.165) is 33.6 Å². The van der Waals surface area contributed by atoms with E-state index in [0.29, 0.717) is 5.82 Å². The van der Waals surface area contributed by atoms with Gasteiger partial charge in [-0.25, -0.2) is 9.97 Å². The second-order valence-corrected chi connectivity index (χ2v) is 11.8. The van der Waals surface area contributed by atoms with Gasteiger partial charge in [0.15, 0.2) is 5.82 Å². The Balaban J connectivity index is 1.17. The predicted octanol–water partition coefficient (Wildman–Crippen LogP) is 10.7. The Kier molecular flexibility index (Phi) is 7.52. The number of hydrogen-bond donors (Lipinski definition) is 0. The quantitative estimate of drug-likeness (QED) is 0.189. The van der Waals surface area contributed by atoms with Crippen molar-refractivity contribution in [3.63, 3.8) is 0 Å². The molecule has 1 aromatic heterocycles. The van der Waals surface area contributed by atoms with Crippen molar-refractivity contribution in [2.24, 2.45) is 0 Å². The Bertz CT molecular complexity index is 1970. The van der Waals surface area contributed by atoms with E-state index >= 15 is 0 Å². The van der Waals surface area contributed by atoms with Crippen molar-refractivity contribution < 1.29 is 0 Å². The minimum atomic E-state index is -0.254. The van der Waals surface area contributed by atoms with Crippen LogP contribution in [-0.4, -0.2) is 9.97 Å². The number of benzene rings is 5. The predicted molar refractivity (Wildman–Crippen MR) is 185 cm³/mol. The molecule has 1 heterocycles. The van der Waals surface area contributed by atoms with Gasteiger partial charge in [-0.05, 0) is 52.1 Å². The van der Waals surface area contributed by atoms with Crippen LogP contribution in [0.2, 0.25) is 0 Å². The van der Waals surface area contributed by atoms with Crippen LogP contribution in [0.15, 0.2) is 158 Å². The van der Waals surface area contributed by atoms with Crippen LogP contribution in [0.4, 0.5) is 0 Å². The molecule has 7 rings (SSSR count). The van der Waals surface area contributed by atoms with Gasteiger partial charge in [-0.15, -0.1) is 0 Å². The minimum Gasteiger partial charge on any atom is -0.228 e. The molecule has 45 heavy (non-hydrogen) atoms. The summed E-state index contributed by atoms with van der Waals surface area (Å²) < 4.78 is 0. The van der Waals surface area contributed by atoms with Gasteiger partial charge >= 0.3 is 0 Å². The van der Waals surface area contributed by atoms with Crippen molar-refractivity contribution in [3.05, 3.63) is 181 Å². The summed E-state index contributed by atoms with van der Waals surface area (Å²) in [5.41, 5.74) is 11.5. The first-order valence-corrected chi connectivity index (χ1v) is 15.3.